The van der Waals surface area contributed by atoms with Gasteiger partial charge in [-0.15, -0.1) is 16.8 Å². The summed E-state index contributed by atoms with van der Waals surface area (Å²) in [6, 6.07) is 19.1. The fraction of sp³-hybridized carbons (Fsp3) is 0.200. The van der Waals surface area contributed by atoms with Crippen molar-refractivity contribution in [3.63, 3.8) is 0 Å². The molecular formula is C25H25BrClN3O4S. The topological polar surface area (TPSA) is 88.1 Å². The van der Waals surface area contributed by atoms with E-state index in [1.54, 1.807) is 54.6 Å². The normalized spacial score (nSPS) is 13.5. The van der Waals surface area contributed by atoms with Crippen LogP contribution in [-0.2, 0) is 16.6 Å². The summed E-state index contributed by atoms with van der Waals surface area (Å²) < 4.78 is 35.1. The zero-order valence-electron chi connectivity index (χ0n) is 19.2. The lowest BCUT2D eigenvalue weighted by molar-refractivity contribution is 0.0730. The van der Waals surface area contributed by atoms with E-state index in [4.69, 9.17) is 4.74 Å². The van der Waals surface area contributed by atoms with E-state index < -0.39 is 16.0 Å². The summed E-state index contributed by atoms with van der Waals surface area (Å²) in [7, 11) is -3.73. The standard InChI is InChI=1S/C25H24BrN3O4S.ClH/c1-3-29(4-2)16-17-15-18(27-24-20-10-6-8-12-23(20)34(31,32)28-24)13-14-22(17)33-25(30)19-9-5-7-11-21(19)26;/h5-15H,3-4,16H2,1-2H3,(H,27,28);1H. The van der Waals surface area contributed by atoms with Crippen LogP contribution in [0.1, 0.15) is 35.3 Å². The maximum Gasteiger partial charge on any atom is 0.344 e. The molecule has 1 aliphatic rings. The Kier molecular flexibility index (Phi) is 8.71. The first kappa shape index (κ1) is 26.9. The maximum absolute atomic E-state index is 12.8. The van der Waals surface area contributed by atoms with Gasteiger partial charge in [0.15, 0.2) is 5.84 Å². The smallest absolute Gasteiger partial charge is 0.344 e. The lowest BCUT2D eigenvalue weighted by Crippen LogP contribution is -2.23. The Morgan fingerprint density at radius 3 is 2.43 bits per heavy atom. The average Bonchev–Trinajstić information content (AvgIpc) is 3.09. The Morgan fingerprint density at radius 2 is 1.71 bits per heavy atom. The average molecular weight is 579 g/mol. The fourth-order valence-electron chi connectivity index (χ4n) is 3.68. The van der Waals surface area contributed by atoms with Crippen LogP contribution in [0.15, 0.2) is 80.5 Å². The van der Waals surface area contributed by atoms with E-state index in [1.807, 2.05) is 12.1 Å². The number of benzene rings is 3. The second-order valence-electron chi connectivity index (χ2n) is 7.69. The summed E-state index contributed by atoms with van der Waals surface area (Å²) in [6.07, 6.45) is 0. The Labute approximate surface area is 219 Å². The Balaban J connectivity index is 0.00000342. The van der Waals surface area contributed by atoms with Crippen molar-refractivity contribution in [1.29, 1.82) is 0 Å². The molecule has 0 aromatic heterocycles. The predicted molar refractivity (Wildman–Crippen MR) is 143 cm³/mol. The van der Waals surface area contributed by atoms with Crippen molar-refractivity contribution in [2.75, 3.05) is 18.4 Å². The molecule has 3 aromatic carbocycles. The number of nitrogens with one attached hydrogen (secondary N) is 1. The number of rotatable bonds is 7. The molecule has 4 rings (SSSR count). The van der Waals surface area contributed by atoms with Gasteiger partial charge in [-0.05, 0) is 71.5 Å². The highest BCUT2D eigenvalue weighted by Crippen LogP contribution is 2.30. The minimum atomic E-state index is -3.73. The second-order valence-corrected chi connectivity index (χ2v) is 10.1. The first-order valence-electron chi connectivity index (χ1n) is 10.9. The summed E-state index contributed by atoms with van der Waals surface area (Å²) in [6.45, 7) is 6.33. The third-order valence-corrected chi connectivity index (χ3v) is 7.57. The second kappa shape index (κ2) is 11.3. The van der Waals surface area contributed by atoms with Gasteiger partial charge < -0.3 is 10.1 Å². The van der Waals surface area contributed by atoms with Crippen molar-refractivity contribution >= 4 is 55.9 Å². The van der Waals surface area contributed by atoms with Crippen LogP contribution >= 0.6 is 28.3 Å². The van der Waals surface area contributed by atoms with Gasteiger partial charge in [0.1, 0.15) is 10.6 Å². The van der Waals surface area contributed by atoms with Crippen LogP contribution in [0.25, 0.3) is 0 Å². The van der Waals surface area contributed by atoms with Gasteiger partial charge in [0.2, 0.25) is 0 Å². The third-order valence-electron chi connectivity index (χ3n) is 5.54. The van der Waals surface area contributed by atoms with Crippen molar-refractivity contribution in [3.8, 4) is 5.75 Å². The lowest BCUT2D eigenvalue weighted by Gasteiger charge is -2.21. The summed E-state index contributed by atoms with van der Waals surface area (Å²) in [5, 5.41) is 3.13. The van der Waals surface area contributed by atoms with Gasteiger partial charge in [0.05, 0.1) is 5.56 Å². The highest BCUT2D eigenvalue weighted by molar-refractivity contribution is 9.10. The number of ether oxygens (including phenoxy) is 1. The zero-order valence-corrected chi connectivity index (χ0v) is 22.4. The van der Waals surface area contributed by atoms with Gasteiger partial charge in [0, 0.05) is 27.8 Å². The molecule has 0 unspecified atom stereocenters. The summed E-state index contributed by atoms with van der Waals surface area (Å²) >= 11 is 3.39. The van der Waals surface area contributed by atoms with Crippen LogP contribution in [0.5, 0.6) is 5.75 Å². The molecule has 0 saturated carbocycles. The van der Waals surface area contributed by atoms with Crippen molar-refractivity contribution in [2.45, 2.75) is 25.3 Å². The number of esters is 1. The Hall–Kier alpha value is -2.72. The summed E-state index contributed by atoms with van der Waals surface area (Å²) in [5.74, 6) is 0.246. The molecule has 0 aliphatic carbocycles. The van der Waals surface area contributed by atoms with Gasteiger partial charge >= 0.3 is 5.97 Å². The summed E-state index contributed by atoms with van der Waals surface area (Å²) in [4.78, 5) is 15.2. The monoisotopic (exact) mass is 577 g/mol. The lowest BCUT2D eigenvalue weighted by atomic mass is 10.1. The van der Waals surface area contributed by atoms with Crippen LogP contribution in [0, 0.1) is 0 Å². The number of carbonyl (C=O) groups is 1. The van der Waals surface area contributed by atoms with E-state index in [1.165, 1.54) is 0 Å². The third kappa shape index (κ3) is 5.92. The summed E-state index contributed by atoms with van der Waals surface area (Å²) in [5.41, 5.74) is 2.40. The van der Waals surface area contributed by atoms with Gasteiger partial charge in [-0.3, -0.25) is 4.90 Å². The van der Waals surface area contributed by atoms with Crippen molar-refractivity contribution in [3.05, 3.63) is 87.9 Å². The number of fused-ring (bicyclic) bond motifs is 1. The van der Waals surface area contributed by atoms with Crippen LogP contribution < -0.4 is 10.1 Å². The number of hydrogen-bond acceptors (Lipinski definition) is 6. The van der Waals surface area contributed by atoms with Crippen molar-refractivity contribution < 1.29 is 17.9 Å². The van der Waals surface area contributed by atoms with Crippen molar-refractivity contribution in [2.24, 2.45) is 4.40 Å². The van der Waals surface area contributed by atoms with E-state index in [2.05, 4.69) is 44.4 Å². The maximum atomic E-state index is 12.8. The molecule has 184 valence electrons. The highest BCUT2D eigenvalue weighted by Gasteiger charge is 2.28. The highest BCUT2D eigenvalue weighted by atomic mass is 79.9. The van der Waals surface area contributed by atoms with Crippen molar-refractivity contribution in [1.82, 2.24) is 4.90 Å². The van der Waals surface area contributed by atoms with E-state index in [0.717, 1.165) is 18.7 Å². The van der Waals surface area contributed by atoms with Gasteiger partial charge in [0.25, 0.3) is 10.0 Å². The number of halogens is 2. The fourth-order valence-corrected chi connectivity index (χ4v) is 5.31. The number of amidine groups is 1. The molecule has 7 nitrogen and oxygen atoms in total. The van der Waals surface area contributed by atoms with Crippen LogP contribution in [0.2, 0.25) is 0 Å². The number of anilines is 1. The van der Waals surface area contributed by atoms with E-state index in [9.17, 15) is 13.2 Å². The molecule has 0 amide bonds. The number of nitrogens with zero attached hydrogens (tertiary/aromatic N) is 2. The molecule has 0 saturated heterocycles. The van der Waals surface area contributed by atoms with Gasteiger partial charge in [-0.25, -0.2) is 4.79 Å². The van der Waals surface area contributed by atoms with E-state index in [0.29, 0.717) is 33.6 Å². The molecule has 0 bridgehead atoms. The largest absolute Gasteiger partial charge is 0.423 e. The zero-order chi connectivity index (χ0) is 24.3. The van der Waals surface area contributed by atoms with Crippen LogP contribution in [0.3, 0.4) is 0 Å². The van der Waals surface area contributed by atoms with E-state index in [-0.39, 0.29) is 23.1 Å². The number of hydrogen-bond donors (Lipinski definition) is 1. The first-order valence-corrected chi connectivity index (χ1v) is 13.1. The molecular weight excluding hydrogens is 554 g/mol. The quantitative estimate of drug-likeness (QED) is 0.295. The van der Waals surface area contributed by atoms with Gasteiger partial charge in [-0.2, -0.15) is 8.42 Å². The molecule has 3 aromatic rings. The molecule has 0 fully saturated rings. The first-order chi connectivity index (χ1) is 16.3. The molecule has 0 radical (unpaired) electrons. The van der Waals surface area contributed by atoms with Gasteiger partial charge in [-0.1, -0.05) is 38.1 Å². The molecule has 0 atom stereocenters. The predicted octanol–water partition coefficient (Wildman–Crippen LogP) is 5.49. The minimum Gasteiger partial charge on any atom is -0.423 e. The van der Waals surface area contributed by atoms with Crippen LogP contribution in [0.4, 0.5) is 5.69 Å². The molecule has 35 heavy (non-hydrogen) atoms. The molecule has 10 heteroatoms. The molecule has 1 N–H and O–H groups in total. The van der Waals surface area contributed by atoms with E-state index >= 15 is 0 Å². The molecule has 1 aliphatic heterocycles. The van der Waals surface area contributed by atoms with Crippen LogP contribution in [-0.4, -0.2) is 38.2 Å². The minimum absolute atomic E-state index is 0. The molecule has 1 heterocycles. The molecule has 0 spiro atoms. The Bertz CT molecular complexity index is 1370. The number of sulfonamides is 1. The SMILES string of the molecule is CCN(CC)Cc1cc(NC2=NS(=O)(=O)c3ccccc32)ccc1OC(=O)c1ccccc1Br.Cl. The number of carbonyl (C=O) groups excluding carboxylic acids is 1. The Morgan fingerprint density at radius 1 is 1.03 bits per heavy atom.